The number of anilines is 1. The first-order valence-electron chi connectivity index (χ1n) is 10.6. The Morgan fingerprint density at radius 3 is 2.56 bits per heavy atom. The van der Waals surface area contributed by atoms with Gasteiger partial charge in [-0.05, 0) is 46.5 Å². The van der Waals surface area contributed by atoms with E-state index < -0.39 is 5.66 Å². The summed E-state index contributed by atoms with van der Waals surface area (Å²) < 4.78 is 0. The number of nitrogens with one attached hydrogen (secondary N) is 1. The highest BCUT2D eigenvalue weighted by Gasteiger charge is 2.60. The van der Waals surface area contributed by atoms with Gasteiger partial charge in [0, 0.05) is 25.9 Å². The molecule has 1 aromatic heterocycles. The van der Waals surface area contributed by atoms with E-state index in [1.54, 1.807) is 45.4 Å². The second kappa shape index (κ2) is 7.91. The molecule has 3 amide bonds. The molecule has 162 valence electrons. The molecule has 2 aliphatic rings. The summed E-state index contributed by atoms with van der Waals surface area (Å²) in [6, 6.07) is 16.6. The van der Waals surface area contributed by atoms with E-state index in [1.165, 1.54) is 0 Å². The molecule has 0 saturated carbocycles. The van der Waals surface area contributed by atoms with E-state index in [1.807, 2.05) is 48.0 Å². The first-order chi connectivity index (χ1) is 15.5. The Morgan fingerprint density at radius 1 is 1.06 bits per heavy atom. The fraction of sp³-hybridized carbons (Fsp3) is 0.240. The molecule has 1 saturated heterocycles. The van der Waals surface area contributed by atoms with Crippen molar-refractivity contribution in [3.05, 3.63) is 87.6 Å². The van der Waals surface area contributed by atoms with E-state index in [2.05, 4.69) is 5.32 Å². The Hall–Kier alpha value is -3.45. The highest BCUT2D eigenvalue weighted by Crippen LogP contribution is 2.45. The van der Waals surface area contributed by atoms with E-state index in [0.29, 0.717) is 17.8 Å². The van der Waals surface area contributed by atoms with Gasteiger partial charge in [-0.3, -0.25) is 19.3 Å². The van der Waals surface area contributed by atoms with Gasteiger partial charge in [0.1, 0.15) is 0 Å². The minimum atomic E-state index is -1.39. The number of thiophene rings is 1. The maximum atomic E-state index is 13.8. The van der Waals surface area contributed by atoms with Crippen molar-refractivity contribution in [2.45, 2.75) is 38.5 Å². The molecule has 1 atom stereocenters. The minimum Gasteiger partial charge on any atom is -0.348 e. The van der Waals surface area contributed by atoms with Crippen molar-refractivity contribution in [3.8, 4) is 0 Å². The van der Waals surface area contributed by atoms with Crippen LogP contribution in [0.4, 0.5) is 5.69 Å². The molecule has 2 aromatic carbocycles. The smallest absolute Gasteiger partial charge is 0.267 e. The molecule has 1 N–H and O–H groups in total. The summed E-state index contributed by atoms with van der Waals surface area (Å²) in [5, 5.41) is 7.07. The minimum absolute atomic E-state index is 0.148. The van der Waals surface area contributed by atoms with Crippen LogP contribution < -0.4 is 10.2 Å². The first-order valence-corrected chi connectivity index (χ1v) is 11.5. The predicted molar refractivity (Wildman–Crippen MR) is 123 cm³/mol. The van der Waals surface area contributed by atoms with Gasteiger partial charge in [0.2, 0.25) is 11.6 Å². The van der Waals surface area contributed by atoms with Crippen molar-refractivity contribution in [2.24, 2.45) is 0 Å². The van der Waals surface area contributed by atoms with Crippen molar-refractivity contribution in [1.29, 1.82) is 0 Å². The average molecular weight is 446 g/mol. The average Bonchev–Trinajstić information content (AvgIpc) is 3.39. The molecule has 2 aliphatic heterocycles. The van der Waals surface area contributed by atoms with Gasteiger partial charge in [0.25, 0.3) is 11.8 Å². The fourth-order valence-electron chi connectivity index (χ4n) is 4.65. The van der Waals surface area contributed by atoms with Crippen LogP contribution in [0.1, 0.15) is 39.9 Å². The Balaban J connectivity index is 1.59. The molecule has 3 aromatic rings. The monoisotopic (exact) mass is 445 g/mol. The fourth-order valence-corrected chi connectivity index (χ4v) is 5.51. The summed E-state index contributed by atoms with van der Waals surface area (Å²) in [5.74, 6) is -0.713. The third-order valence-electron chi connectivity index (χ3n) is 6.32. The van der Waals surface area contributed by atoms with Crippen LogP contribution in [0.5, 0.6) is 0 Å². The number of hydrogen-bond acceptors (Lipinski definition) is 4. The van der Waals surface area contributed by atoms with E-state index in [9.17, 15) is 14.4 Å². The first kappa shape index (κ1) is 20.5. The zero-order valence-corrected chi connectivity index (χ0v) is 18.5. The number of carbonyl (C=O) groups is 3. The van der Waals surface area contributed by atoms with Gasteiger partial charge in [0.15, 0.2) is 0 Å². The molecule has 3 heterocycles. The molecule has 0 spiro atoms. The molecule has 0 bridgehead atoms. The number of para-hydroxylation sites is 1. The molecule has 1 unspecified atom stereocenters. The van der Waals surface area contributed by atoms with Crippen LogP contribution >= 0.6 is 11.3 Å². The Labute approximate surface area is 190 Å². The second-order valence-electron chi connectivity index (χ2n) is 8.20. The van der Waals surface area contributed by atoms with Gasteiger partial charge in [-0.25, -0.2) is 0 Å². The quantitative estimate of drug-likeness (QED) is 0.649. The van der Waals surface area contributed by atoms with Crippen LogP contribution in [-0.4, -0.2) is 28.3 Å². The number of amides is 3. The van der Waals surface area contributed by atoms with E-state index in [-0.39, 0.29) is 37.1 Å². The van der Waals surface area contributed by atoms with Crippen molar-refractivity contribution in [1.82, 2.24) is 10.2 Å². The van der Waals surface area contributed by atoms with Crippen molar-refractivity contribution in [3.63, 3.8) is 0 Å². The van der Waals surface area contributed by atoms with Crippen LogP contribution in [0.25, 0.3) is 0 Å². The van der Waals surface area contributed by atoms with E-state index >= 15 is 0 Å². The number of aryl methyl sites for hydroxylation is 1. The third-order valence-corrected chi connectivity index (χ3v) is 7.23. The largest absolute Gasteiger partial charge is 0.348 e. The molecule has 32 heavy (non-hydrogen) atoms. The van der Waals surface area contributed by atoms with Crippen molar-refractivity contribution >= 4 is 34.7 Å². The number of nitrogens with zero attached hydrogens (tertiary/aromatic N) is 2. The lowest BCUT2D eigenvalue weighted by Crippen LogP contribution is -2.70. The number of benzene rings is 2. The number of carbonyl (C=O) groups excluding carboxylic acids is 3. The number of rotatable bonds is 5. The molecular weight excluding hydrogens is 422 g/mol. The van der Waals surface area contributed by atoms with Crippen LogP contribution in [-0.2, 0) is 22.7 Å². The van der Waals surface area contributed by atoms with E-state index in [4.69, 9.17) is 0 Å². The van der Waals surface area contributed by atoms with Gasteiger partial charge >= 0.3 is 0 Å². The maximum absolute atomic E-state index is 13.8. The Morgan fingerprint density at radius 2 is 1.81 bits per heavy atom. The van der Waals surface area contributed by atoms with Gasteiger partial charge in [-0.1, -0.05) is 42.5 Å². The lowest BCUT2D eigenvalue weighted by molar-refractivity contribution is -0.134. The molecule has 7 heteroatoms. The highest BCUT2D eigenvalue weighted by atomic mass is 32.1. The van der Waals surface area contributed by atoms with Crippen molar-refractivity contribution in [2.75, 3.05) is 4.90 Å². The van der Waals surface area contributed by atoms with Gasteiger partial charge < -0.3 is 10.2 Å². The highest BCUT2D eigenvalue weighted by molar-refractivity contribution is 7.08. The Kier molecular flexibility index (Phi) is 5.06. The summed E-state index contributed by atoms with van der Waals surface area (Å²) in [7, 11) is 0. The maximum Gasteiger partial charge on any atom is 0.267 e. The third kappa shape index (κ3) is 3.12. The molecular formula is C25H23N3O3S. The summed E-state index contributed by atoms with van der Waals surface area (Å²) in [4.78, 5) is 43.7. The van der Waals surface area contributed by atoms with Crippen LogP contribution in [0.15, 0.2) is 65.4 Å². The van der Waals surface area contributed by atoms with Gasteiger partial charge in [-0.15, -0.1) is 0 Å². The zero-order valence-electron chi connectivity index (χ0n) is 17.7. The van der Waals surface area contributed by atoms with Crippen LogP contribution in [0, 0.1) is 6.92 Å². The van der Waals surface area contributed by atoms with Crippen LogP contribution in [0.2, 0.25) is 0 Å². The summed E-state index contributed by atoms with van der Waals surface area (Å²) in [6.45, 7) is 2.60. The lowest BCUT2D eigenvalue weighted by atomic mass is 9.94. The molecule has 0 aliphatic carbocycles. The summed E-state index contributed by atoms with van der Waals surface area (Å²) in [5.41, 5.74) is 2.61. The standard InChI is InChI=1S/C25H23N3O3S/c1-17-15-32-16-19(17)13-26-24(31)25-12-11-22(29)28(25)21-10-6-5-9-20(21)23(30)27(25)14-18-7-3-2-4-8-18/h2-10,15-16H,11-14H2,1H3,(H,26,31). The SMILES string of the molecule is Cc1cscc1CNC(=O)C12CCC(=O)N1c1ccccc1C(=O)N2Cc1ccccc1. The number of hydrogen-bond donors (Lipinski definition) is 1. The molecule has 1 fully saturated rings. The molecule has 6 nitrogen and oxygen atoms in total. The van der Waals surface area contributed by atoms with Crippen molar-refractivity contribution < 1.29 is 14.4 Å². The topological polar surface area (TPSA) is 69.7 Å². The van der Waals surface area contributed by atoms with Crippen LogP contribution in [0.3, 0.4) is 0 Å². The lowest BCUT2D eigenvalue weighted by Gasteiger charge is -2.49. The number of fused-ring (bicyclic) bond motifs is 3. The second-order valence-corrected chi connectivity index (χ2v) is 8.95. The molecule has 0 radical (unpaired) electrons. The zero-order chi connectivity index (χ0) is 22.3. The molecule has 5 rings (SSSR count). The van der Waals surface area contributed by atoms with Gasteiger partial charge in [0.05, 0.1) is 11.3 Å². The predicted octanol–water partition coefficient (Wildman–Crippen LogP) is 3.85. The Bertz CT molecular complexity index is 1210. The normalized spacial score (nSPS) is 19.7. The van der Waals surface area contributed by atoms with E-state index in [0.717, 1.165) is 16.7 Å². The van der Waals surface area contributed by atoms with Gasteiger partial charge in [-0.2, -0.15) is 11.3 Å². The summed E-state index contributed by atoms with van der Waals surface area (Å²) >= 11 is 1.58. The summed E-state index contributed by atoms with van der Waals surface area (Å²) in [6.07, 6.45) is 0.463.